The van der Waals surface area contributed by atoms with Crippen LogP contribution in [0.15, 0.2) is 48.5 Å². The number of para-hydroxylation sites is 1. The van der Waals surface area contributed by atoms with E-state index >= 15 is 0 Å². The number of aliphatic hydroxyl groups is 1. The van der Waals surface area contributed by atoms with Crippen molar-refractivity contribution in [1.82, 2.24) is 0 Å². The van der Waals surface area contributed by atoms with Crippen molar-refractivity contribution < 1.29 is 23.0 Å². The van der Waals surface area contributed by atoms with Gasteiger partial charge in [0.15, 0.2) is 0 Å². The summed E-state index contributed by atoms with van der Waals surface area (Å²) in [5, 5.41) is 10.5. The van der Waals surface area contributed by atoms with Crippen molar-refractivity contribution in [1.29, 1.82) is 0 Å². The first-order valence-corrected chi connectivity index (χ1v) is 6.30. The molecule has 0 amide bonds. The summed E-state index contributed by atoms with van der Waals surface area (Å²) in [5.74, 6) is -0.0150. The zero-order chi connectivity index (χ0) is 15.7. The number of hydrogen-bond acceptors (Lipinski definition) is 2. The summed E-state index contributed by atoms with van der Waals surface area (Å²) in [6, 6.07) is 11.3. The molecule has 2 nitrogen and oxygen atoms in total. The number of halogens is 3. The summed E-state index contributed by atoms with van der Waals surface area (Å²) >= 11 is 0. The first-order chi connectivity index (χ1) is 9.80. The third-order valence-electron chi connectivity index (χ3n) is 3.34. The Morgan fingerprint density at radius 2 is 1.67 bits per heavy atom. The maximum Gasteiger partial charge on any atom is 0.425 e. The first-order valence-electron chi connectivity index (χ1n) is 6.30. The molecule has 2 aromatic rings. The van der Waals surface area contributed by atoms with Crippen molar-refractivity contribution >= 4 is 0 Å². The van der Waals surface area contributed by atoms with E-state index in [1.807, 2.05) is 0 Å². The third kappa shape index (κ3) is 2.61. The molecule has 0 aliphatic carbocycles. The molecule has 0 saturated heterocycles. The van der Waals surface area contributed by atoms with E-state index in [-0.39, 0.29) is 16.9 Å². The lowest BCUT2D eigenvalue weighted by Crippen LogP contribution is -2.43. The van der Waals surface area contributed by atoms with E-state index in [2.05, 4.69) is 0 Å². The molecular weight excluding hydrogens is 281 g/mol. The van der Waals surface area contributed by atoms with Crippen molar-refractivity contribution in [3.05, 3.63) is 65.2 Å². The standard InChI is InChI=1S/C16H15F3O2/c1-11-6-5-7-12(10-11)15(20,16(17,18)19)13-8-3-4-9-14(13)21-2/h3-10,20H,1-2H3. The van der Waals surface area contributed by atoms with Gasteiger partial charge >= 0.3 is 6.18 Å². The van der Waals surface area contributed by atoms with Crippen LogP contribution in [0.25, 0.3) is 0 Å². The fourth-order valence-corrected chi connectivity index (χ4v) is 2.29. The molecule has 21 heavy (non-hydrogen) atoms. The van der Waals surface area contributed by atoms with Crippen molar-refractivity contribution in [2.24, 2.45) is 0 Å². The monoisotopic (exact) mass is 296 g/mol. The molecule has 1 atom stereocenters. The molecule has 2 aromatic carbocycles. The fraction of sp³-hybridized carbons (Fsp3) is 0.250. The van der Waals surface area contributed by atoms with Crippen molar-refractivity contribution in [2.45, 2.75) is 18.7 Å². The normalized spacial score (nSPS) is 14.6. The Labute approximate surface area is 120 Å². The summed E-state index contributed by atoms with van der Waals surface area (Å²) in [6.07, 6.45) is -4.88. The molecule has 0 saturated carbocycles. The summed E-state index contributed by atoms with van der Waals surface area (Å²) in [5.41, 5.74) is -3.05. The van der Waals surface area contributed by atoms with Crippen LogP contribution in [-0.2, 0) is 5.60 Å². The summed E-state index contributed by atoms with van der Waals surface area (Å²) in [6.45, 7) is 1.67. The number of methoxy groups -OCH3 is 1. The molecule has 0 aliphatic heterocycles. The molecule has 0 aromatic heterocycles. The number of benzene rings is 2. The average molecular weight is 296 g/mol. The van der Waals surface area contributed by atoms with Gasteiger partial charge in [0.25, 0.3) is 0 Å². The second kappa shape index (κ2) is 5.41. The average Bonchev–Trinajstić information content (AvgIpc) is 2.45. The van der Waals surface area contributed by atoms with Crippen LogP contribution in [0, 0.1) is 6.92 Å². The molecule has 0 spiro atoms. The fourth-order valence-electron chi connectivity index (χ4n) is 2.29. The minimum atomic E-state index is -4.88. The van der Waals surface area contributed by atoms with Gasteiger partial charge in [0.1, 0.15) is 5.75 Å². The van der Waals surface area contributed by atoms with Gasteiger partial charge in [-0.2, -0.15) is 13.2 Å². The molecule has 0 fully saturated rings. The highest BCUT2D eigenvalue weighted by atomic mass is 19.4. The molecule has 1 N–H and O–H groups in total. The van der Waals surface area contributed by atoms with Gasteiger partial charge in [-0.1, -0.05) is 48.0 Å². The van der Waals surface area contributed by atoms with Crippen molar-refractivity contribution in [3.63, 3.8) is 0 Å². The van der Waals surface area contributed by atoms with Crippen LogP contribution in [0.1, 0.15) is 16.7 Å². The molecule has 0 bridgehead atoms. The number of alkyl halides is 3. The van der Waals surface area contributed by atoms with Crippen LogP contribution < -0.4 is 4.74 Å². The molecule has 0 heterocycles. The second-order valence-electron chi connectivity index (χ2n) is 4.78. The lowest BCUT2D eigenvalue weighted by Gasteiger charge is -2.32. The van der Waals surface area contributed by atoms with E-state index in [0.29, 0.717) is 5.56 Å². The number of hydrogen-bond donors (Lipinski definition) is 1. The van der Waals surface area contributed by atoms with Crippen LogP contribution in [0.4, 0.5) is 13.2 Å². The van der Waals surface area contributed by atoms with Crippen molar-refractivity contribution in [2.75, 3.05) is 7.11 Å². The second-order valence-corrected chi connectivity index (χ2v) is 4.78. The van der Waals surface area contributed by atoms with Crippen LogP contribution in [0.5, 0.6) is 5.75 Å². The zero-order valence-electron chi connectivity index (χ0n) is 11.6. The van der Waals surface area contributed by atoms with Crippen LogP contribution >= 0.6 is 0 Å². The molecule has 112 valence electrons. The molecule has 5 heteroatoms. The Morgan fingerprint density at radius 1 is 1.00 bits per heavy atom. The first kappa shape index (κ1) is 15.4. The summed E-state index contributed by atoms with van der Waals surface area (Å²) in [7, 11) is 1.27. The highest BCUT2D eigenvalue weighted by Gasteiger charge is 2.57. The molecule has 1 unspecified atom stereocenters. The van der Waals surface area contributed by atoms with Gasteiger partial charge < -0.3 is 9.84 Å². The predicted octanol–water partition coefficient (Wildman–Crippen LogP) is 3.80. The van der Waals surface area contributed by atoms with E-state index in [9.17, 15) is 18.3 Å². The Hall–Kier alpha value is -2.01. The van der Waals surface area contributed by atoms with Gasteiger partial charge in [-0.05, 0) is 18.6 Å². The quantitative estimate of drug-likeness (QED) is 0.933. The number of rotatable bonds is 3. The van der Waals surface area contributed by atoms with E-state index in [1.54, 1.807) is 19.1 Å². The van der Waals surface area contributed by atoms with Crippen LogP contribution in [-0.4, -0.2) is 18.4 Å². The highest BCUT2D eigenvalue weighted by Crippen LogP contribution is 2.47. The topological polar surface area (TPSA) is 29.5 Å². The van der Waals surface area contributed by atoms with Gasteiger partial charge in [0.2, 0.25) is 5.60 Å². The van der Waals surface area contributed by atoms with Crippen LogP contribution in [0.2, 0.25) is 0 Å². The number of ether oxygens (including phenoxy) is 1. The molecular formula is C16H15F3O2. The molecule has 0 aliphatic rings. The van der Waals surface area contributed by atoms with Crippen LogP contribution in [0.3, 0.4) is 0 Å². The third-order valence-corrected chi connectivity index (χ3v) is 3.34. The minimum absolute atomic E-state index is 0.0150. The van der Waals surface area contributed by atoms with E-state index in [1.165, 1.54) is 43.5 Å². The van der Waals surface area contributed by atoms with E-state index in [0.717, 1.165) is 0 Å². The molecule has 0 radical (unpaired) electrons. The Kier molecular flexibility index (Phi) is 3.96. The summed E-state index contributed by atoms with van der Waals surface area (Å²) < 4.78 is 45.8. The Balaban J connectivity index is 2.75. The lowest BCUT2D eigenvalue weighted by molar-refractivity contribution is -0.248. The van der Waals surface area contributed by atoms with Gasteiger partial charge in [-0.15, -0.1) is 0 Å². The van der Waals surface area contributed by atoms with Gasteiger partial charge in [0, 0.05) is 5.56 Å². The zero-order valence-corrected chi connectivity index (χ0v) is 11.6. The highest BCUT2D eigenvalue weighted by molar-refractivity contribution is 5.46. The maximum absolute atomic E-state index is 13.6. The largest absolute Gasteiger partial charge is 0.496 e. The Morgan fingerprint density at radius 3 is 2.24 bits per heavy atom. The van der Waals surface area contributed by atoms with Gasteiger partial charge in [-0.3, -0.25) is 0 Å². The number of aryl methyl sites for hydroxylation is 1. The lowest BCUT2D eigenvalue weighted by atomic mass is 9.84. The maximum atomic E-state index is 13.6. The minimum Gasteiger partial charge on any atom is -0.496 e. The molecule has 2 rings (SSSR count). The Bertz CT molecular complexity index is 637. The smallest absolute Gasteiger partial charge is 0.425 e. The predicted molar refractivity (Wildman–Crippen MR) is 73.2 cm³/mol. The van der Waals surface area contributed by atoms with Gasteiger partial charge in [0.05, 0.1) is 7.11 Å². The van der Waals surface area contributed by atoms with Gasteiger partial charge in [-0.25, -0.2) is 0 Å². The van der Waals surface area contributed by atoms with E-state index in [4.69, 9.17) is 4.74 Å². The summed E-state index contributed by atoms with van der Waals surface area (Å²) in [4.78, 5) is 0. The van der Waals surface area contributed by atoms with Crippen molar-refractivity contribution in [3.8, 4) is 5.75 Å². The SMILES string of the molecule is COc1ccccc1C(O)(c1cccc(C)c1)C(F)(F)F. The van der Waals surface area contributed by atoms with E-state index < -0.39 is 11.8 Å².